The summed E-state index contributed by atoms with van der Waals surface area (Å²) in [5, 5.41) is 0. The topological polar surface area (TPSA) is 3.88 Å². The molecule has 0 aliphatic carbocycles. The third kappa shape index (κ3) is 3.98. The molecule has 0 aliphatic heterocycles. The molecular formula is C26H32N+. The van der Waals surface area contributed by atoms with Gasteiger partial charge in [0.15, 0.2) is 6.20 Å². The van der Waals surface area contributed by atoms with E-state index < -0.39 is 26.0 Å². The maximum Gasteiger partial charge on any atom is 0.212 e. The zero-order valence-corrected chi connectivity index (χ0v) is 16.6. The van der Waals surface area contributed by atoms with E-state index in [0.717, 1.165) is 22.4 Å². The van der Waals surface area contributed by atoms with Crippen LogP contribution >= 0.6 is 0 Å². The van der Waals surface area contributed by atoms with Crippen LogP contribution < -0.4 is 4.57 Å². The van der Waals surface area contributed by atoms with Crippen molar-refractivity contribution in [1.82, 2.24) is 0 Å². The van der Waals surface area contributed by atoms with Crippen molar-refractivity contribution in [1.29, 1.82) is 0 Å². The molecule has 27 heavy (non-hydrogen) atoms. The van der Waals surface area contributed by atoms with Gasteiger partial charge >= 0.3 is 0 Å². The van der Waals surface area contributed by atoms with Gasteiger partial charge in [0.25, 0.3) is 0 Å². The van der Waals surface area contributed by atoms with Crippen LogP contribution in [0.25, 0.3) is 22.4 Å². The maximum atomic E-state index is 8.02. The Hall–Kier alpha value is -2.41. The fourth-order valence-electron chi connectivity index (χ4n) is 3.41. The second kappa shape index (κ2) is 6.96. The van der Waals surface area contributed by atoms with Crippen LogP contribution in [0.3, 0.4) is 0 Å². The Kier molecular flexibility index (Phi) is 2.78. The summed E-state index contributed by atoms with van der Waals surface area (Å²) >= 11 is 0. The van der Waals surface area contributed by atoms with E-state index in [4.69, 9.17) is 12.3 Å². The van der Waals surface area contributed by atoms with Crippen LogP contribution in [0.1, 0.15) is 60.9 Å². The van der Waals surface area contributed by atoms with Gasteiger partial charge in [-0.3, -0.25) is 0 Å². The molecule has 3 rings (SSSR count). The lowest BCUT2D eigenvalue weighted by Gasteiger charge is -2.21. The molecule has 3 aromatic rings. The molecule has 0 atom stereocenters. The molecule has 140 valence electrons. The first kappa shape index (κ1) is 10.8. The smallest absolute Gasteiger partial charge is 0.201 e. The molecule has 0 amide bonds. The summed E-state index contributed by atoms with van der Waals surface area (Å²) in [6.45, 7) is 0.687. The van der Waals surface area contributed by atoms with Crippen molar-refractivity contribution in [3.8, 4) is 22.4 Å². The highest BCUT2D eigenvalue weighted by molar-refractivity contribution is 5.74. The highest BCUT2D eigenvalue weighted by Crippen LogP contribution is 2.32. The second-order valence-corrected chi connectivity index (χ2v) is 8.18. The van der Waals surface area contributed by atoms with Crippen molar-refractivity contribution in [2.24, 2.45) is 7.05 Å². The van der Waals surface area contributed by atoms with Gasteiger partial charge < -0.3 is 0 Å². The van der Waals surface area contributed by atoms with Crippen LogP contribution in [0.15, 0.2) is 48.7 Å². The molecule has 0 aliphatic rings. The standard InChI is InChI=1S/C26H32N/c1-17-11-18(2)13-22(12-17)21-10-9-19(3)23(14-21)25-15-24(26(5,6)7)20(4)16-27(25)8/h9-16H,1-8H3/q+1/i1D3,2D3,4D3. The van der Waals surface area contributed by atoms with Gasteiger partial charge in [-0.05, 0) is 61.2 Å². The summed E-state index contributed by atoms with van der Waals surface area (Å²) in [5.74, 6) is 0. The molecule has 0 unspecified atom stereocenters. The van der Waals surface area contributed by atoms with Crippen LogP contribution in [0.5, 0.6) is 0 Å². The predicted molar refractivity (Wildman–Crippen MR) is 116 cm³/mol. The average Bonchev–Trinajstić information content (AvgIpc) is 2.71. The number of aromatic nitrogens is 1. The molecule has 1 heteroatoms. The first-order valence-electron chi connectivity index (χ1n) is 13.5. The van der Waals surface area contributed by atoms with Gasteiger partial charge in [-0.2, -0.15) is 0 Å². The Morgan fingerprint density at radius 1 is 0.815 bits per heavy atom. The lowest BCUT2D eigenvalue weighted by atomic mass is 9.83. The van der Waals surface area contributed by atoms with E-state index in [1.807, 2.05) is 52.0 Å². The van der Waals surface area contributed by atoms with Crippen molar-refractivity contribution in [2.45, 2.75) is 53.7 Å². The number of nitrogens with zero attached hydrogens (tertiary/aromatic N) is 1. The van der Waals surface area contributed by atoms with Crippen LogP contribution in [-0.4, -0.2) is 0 Å². The lowest BCUT2D eigenvalue weighted by molar-refractivity contribution is -0.660. The number of aryl methyl sites for hydroxylation is 5. The fraction of sp³-hybridized carbons (Fsp3) is 0.346. The third-order valence-corrected chi connectivity index (χ3v) is 4.86. The Bertz CT molecular complexity index is 1260. The monoisotopic (exact) mass is 367 g/mol. The van der Waals surface area contributed by atoms with Crippen LogP contribution in [-0.2, 0) is 12.5 Å². The minimum atomic E-state index is -2.46. The van der Waals surface area contributed by atoms with E-state index in [-0.39, 0.29) is 11.1 Å². The minimum Gasteiger partial charge on any atom is -0.201 e. The highest BCUT2D eigenvalue weighted by atomic mass is 14.9. The summed E-state index contributed by atoms with van der Waals surface area (Å²) in [5.41, 5.74) is 4.28. The number of benzene rings is 2. The van der Waals surface area contributed by atoms with E-state index in [1.165, 1.54) is 18.2 Å². The van der Waals surface area contributed by atoms with Gasteiger partial charge in [-0.25, -0.2) is 4.57 Å². The Morgan fingerprint density at radius 2 is 1.52 bits per heavy atom. The summed E-state index contributed by atoms with van der Waals surface area (Å²) in [6, 6.07) is 11.8. The van der Waals surface area contributed by atoms with Crippen molar-refractivity contribution < 1.29 is 16.9 Å². The molecule has 2 aromatic carbocycles. The molecule has 0 saturated carbocycles. The predicted octanol–water partition coefficient (Wildman–Crippen LogP) is 6.38. The molecule has 1 heterocycles. The third-order valence-electron chi connectivity index (χ3n) is 4.86. The van der Waals surface area contributed by atoms with E-state index in [1.54, 1.807) is 17.8 Å². The van der Waals surface area contributed by atoms with Gasteiger partial charge in [0.05, 0.1) is 0 Å². The molecular weight excluding hydrogens is 326 g/mol. The van der Waals surface area contributed by atoms with Gasteiger partial charge in [0.1, 0.15) is 7.05 Å². The Labute approximate surface area is 177 Å². The second-order valence-electron chi connectivity index (χ2n) is 8.18. The summed E-state index contributed by atoms with van der Waals surface area (Å²) in [4.78, 5) is 0. The van der Waals surface area contributed by atoms with Gasteiger partial charge in [-0.15, -0.1) is 0 Å². The Balaban J connectivity index is 2.29. The zero-order chi connectivity index (χ0) is 27.4. The normalized spacial score (nSPS) is 18.0. The van der Waals surface area contributed by atoms with Gasteiger partial charge in [-0.1, -0.05) is 62.2 Å². The molecule has 0 radical (unpaired) electrons. The van der Waals surface area contributed by atoms with E-state index in [9.17, 15) is 0 Å². The summed E-state index contributed by atoms with van der Waals surface area (Å²) in [7, 11) is 1.80. The first-order valence-corrected chi connectivity index (χ1v) is 9.02. The zero-order valence-electron chi connectivity index (χ0n) is 25.6. The quantitative estimate of drug-likeness (QED) is 0.463. The lowest BCUT2D eigenvalue weighted by Crippen LogP contribution is -2.33. The molecule has 0 saturated heterocycles. The van der Waals surface area contributed by atoms with Crippen LogP contribution in [0.4, 0.5) is 0 Å². The van der Waals surface area contributed by atoms with Gasteiger partial charge in [0.2, 0.25) is 5.69 Å². The number of hydrogen-bond donors (Lipinski definition) is 0. The maximum absolute atomic E-state index is 8.02. The summed E-state index contributed by atoms with van der Waals surface area (Å²) in [6.07, 6.45) is 1.65. The number of rotatable bonds is 2. The van der Waals surface area contributed by atoms with Crippen LogP contribution in [0.2, 0.25) is 0 Å². The Morgan fingerprint density at radius 3 is 2.11 bits per heavy atom. The van der Waals surface area contributed by atoms with Crippen molar-refractivity contribution in [3.63, 3.8) is 0 Å². The fourth-order valence-corrected chi connectivity index (χ4v) is 3.41. The van der Waals surface area contributed by atoms with E-state index in [2.05, 4.69) is 0 Å². The molecule has 1 nitrogen and oxygen atoms in total. The minimum absolute atomic E-state index is 0.0316. The highest BCUT2D eigenvalue weighted by Gasteiger charge is 2.23. The molecule has 0 spiro atoms. The van der Waals surface area contributed by atoms with E-state index in [0.29, 0.717) is 16.7 Å². The van der Waals surface area contributed by atoms with Crippen LogP contribution in [0, 0.1) is 27.5 Å². The van der Waals surface area contributed by atoms with E-state index >= 15 is 0 Å². The molecule has 0 bridgehead atoms. The SMILES string of the molecule is [2H]C([2H])([2H])c1cc(-c2ccc(C)c(-c3cc(C(C)(C)C)c(C([2H])([2H])[2H])c[n+]3C)c2)cc(C([2H])([2H])[2H])c1. The first-order chi connectivity index (χ1) is 16.2. The largest absolute Gasteiger partial charge is 0.212 e. The molecule has 0 fully saturated rings. The van der Waals surface area contributed by atoms with Crippen molar-refractivity contribution >= 4 is 0 Å². The molecule has 1 aromatic heterocycles. The van der Waals surface area contributed by atoms with Crippen molar-refractivity contribution in [3.05, 3.63) is 76.5 Å². The average molecular weight is 368 g/mol. The molecule has 0 N–H and O–H groups in total. The summed E-state index contributed by atoms with van der Waals surface area (Å²) < 4.78 is 72.8. The van der Waals surface area contributed by atoms with Gasteiger partial charge in [0, 0.05) is 29.5 Å². The number of pyridine rings is 1. The van der Waals surface area contributed by atoms with Crippen molar-refractivity contribution in [2.75, 3.05) is 0 Å². The number of hydrogen-bond acceptors (Lipinski definition) is 0.